The Morgan fingerprint density at radius 2 is 2.25 bits per heavy atom. The molecule has 20 heavy (non-hydrogen) atoms. The van der Waals surface area contributed by atoms with Crippen molar-refractivity contribution < 1.29 is 9.53 Å². The van der Waals surface area contributed by atoms with Crippen LogP contribution < -0.4 is 10.1 Å². The van der Waals surface area contributed by atoms with E-state index in [4.69, 9.17) is 16.3 Å². The van der Waals surface area contributed by atoms with Gasteiger partial charge in [0.25, 0.3) is 5.91 Å². The summed E-state index contributed by atoms with van der Waals surface area (Å²) in [5.41, 5.74) is 2.43. The maximum absolute atomic E-state index is 12.0. The summed E-state index contributed by atoms with van der Waals surface area (Å²) >= 11 is 5.94. The van der Waals surface area contributed by atoms with Crippen LogP contribution in [0.3, 0.4) is 0 Å². The Kier molecular flexibility index (Phi) is 4.53. The molecule has 0 saturated heterocycles. The van der Waals surface area contributed by atoms with Crippen LogP contribution in [0.5, 0.6) is 5.88 Å². The van der Waals surface area contributed by atoms with Gasteiger partial charge in [0, 0.05) is 25.1 Å². The number of aryl methyl sites for hydroxylation is 1. The third-order valence-corrected chi connectivity index (χ3v) is 3.12. The average Bonchev–Trinajstić information content (AvgIpc) is 2.46. The number of carbonyl (C=O) groups is 1. The zero-order valence-corrected chi connectivity index (χ0v) is 11.9. The van der Waals surface area contributed by atoms with Crippen LogP contribution in [0.4, 0.5) is 0 Å². The van der Waals surface area contributed by atoms with Crippen molar-refractivity contribution in [3.05, 3.63) is 52.4 Å². The number of aromatic nitrogens is 2. The molecule has 2 heterocycles. The van der Waals surface area contributed by atoms with E-state index in [9.17, 15) is 4.79 Å². The summed E-state index contributed by atoms with van der Waals surface area (Å²) in [6.45, 7) is 2.37. The molecule has 1 N–H and O–H groups in total. The highest BCUT2D eigenvalue weighted by molar-refractivity contribution is 6.32. The molecule has 0 fully saturated rings. The van der Waals surface area contributed by atoms with E-state index >= 15 is 0 Å². The molecule has 2 rings (SSSR count). The quantitative estimate of drug-likeness (QED) is 0.939. The number of hydrogen-bond donors (Lipinski definition) is 1. The summed E-state index contributed by atoms with van der Waals surface area (Å²) in [4.78, 5) is 20.0. The van der Waals surface area contributed by atoms with E-state index in [0.29, 0.717) is 23.0 Å². The van der Waals surface area contributed by atoms with Gasteiger partial charge in [0.2, 0.25) is 5.88 Å². The van der Waals surface area contributed by atoms with Gasteiger partial charge in [-0.25, -0.2) is 4.98 Å². The number of halogens is 1. The standard InChI is InChI=1S/C14H14ClN3O2/c1-9-3-4-16-6-11(9)8-17-13(19)10-5-12(15)14(20-2)18-7-10/h3-7H,8H2,1-2H3,(H,17,19). The minimum absolute atomic E-state index is 0.245. The molecule has 0 atom stereocenters. The van der Waals surface area contributed by atoms with E-state index in [-0.39, 0.29) is 5.91 Å². The largest absolute Gasteiger partial charge is 0.480 e. The van der Waals surface area contributed by atoms with E-state index in [1.54, 1.807) is 12.4 Å². The van der Waals surface area contributed by atoms with E-state index < -0.39 is 0 Å². The Bertz CT molecular complexity index is 632. The average molecular weight is 292 g/mol. The number of methoxy groups -OCH3 is 1. The maximum Gasteiger partial charge on any atom is 0.253 e. The third kappa shape index (κ3) is 3.24. The Balaban J connectivity index is 2.05. The molecule has 1 amide bonds. The van der Waals surface area contributed by atoms with E-state index in [2.05, 4.69) is 15.3 Å². The number of nitrogens with zero attached hydrogens (tertiary/aromatic N) is 2. The van der Waals surface area contributed by atoms with Crippen molar-refractivity contribution in [2.75, 3.05) is 7.11 Å². The van der Waals surface area contributed by atoms with Gasteiger partial charge >= 0.3 is 0 Å². The van der Waals surface area contributed by atoms with Crippen molar-refractivity contribution in [3.8, 4) is 5.88 Å². The first kappa shape index (κ1) is 14.3. The van der Waals surface area contributed by atoms with Crippen LogP contribution in [0.2, 0.25) is 5.02 Å². The van der Waals surface area contributed by atoms with Crippen molar-refractivity contribution >= 4 is 17.5 Å². The molecule has 0 aromatic carbocycles. The van der Waals surface area contributed by atoms with Gasteiger partial charge in [-0.3, -0.25) is 9.78 Å². The minimum atomic E-state index is -0.245. The molecule has 0 aliphatic heterocycles. The zero-order chi connectivity index (χ0) is 14.5. The van der Waals surface area contributed by atoms with Crippen LogP contribution >= 0.6 is 11.6 Å². The molecule has 0 aliphatic rings. The summed E-state index contributed by atoms with van der Waals surface area (Å²) in [6.07, 6.45) is 4.87. The third-order valence-electron chi connectivity index (χ3n) is 2.85. The monoisotopic (exact) mass is 291 g/mol. The molecule has 0 unspecified atom stereocenters. The summed E-state index contributed by atoms with van der Waals surface area (Å²) in [5, 5.41) is 3.11. The normalized spacial score (nSPS) is 10.2. The van der Waals surface area contributed by atoms with E-state index in [0.717, 1.165) is 11.1 Å². The molecular formula is C14H14ClN3O2. The fourth-order valence-corrected chi connectivity index (χ4v) is 1.90. The van der Waals surface area contributed by atoms with E-state index in [1.807, 2.05) is 13.0 Å². The molecule has 0 bridgehead atoms. The van der Waals surface area contributed by atoms with Gasteiger partial charge < -0.3 is 10.1 Å². The number of ether oxygens (including phenoxy) is 1. The highest BCUT2D eigenvalue weighted by Crippen LogP contribution is 2.21. The van der Waals surface area contributed by atoms with Gasteiger partial charge in [0.05, 0.1) is 12.7 Å². The second kappa shape index (κ2) is 6.34. The predicted molar refractivity (Wildman–Crippen MR) is 75.9 cm³/mol. The van der Waals surface area contributed by atoms with E-state index in [1.165, 1.54) is 19.4 Å². The van der Waals surface area contributed by atoms with Crippen molar-refractivity contribution in [1.82, 2.24) is 15.3 Å². The summed E-state index contributed by atoms with van der Waals surface area (Å²) in [5.74, 6) is 0.0524. The van der Waals surface area contributed by atoms with Crippen LogP contribution in [0, 0.1) is 6.92 Å². The molecule has 2 aromatic rings. The zero-order valence-electron chi connectivity index (χ0n) is 11.2. The lowest BCUT2D eigenvalue weighted by molar-refractivity contribution is 0.0950. The lowest BCUT2D eigenvalue weighted by atomic mass is 10.1. The Hall–Kier alpha value is -2.14. The number of amides is 1. The fraction of sp³-hybridized carbons (Fsp3) is 0.214. The second-order valence-corrected chi connectivity index (χ2v) is 4.61. The van der Waals surface area contributed by atoms with Gasteiger partial charge in [-0.15, -0.1) is 0 Å². The second-order valence-electron chi connectivity index (χ2n) is 4.20. The molecule has 6 heteroatoms. The summed E-state index contributed by atoms with van der Waals surface area (Å²) < 4.78 is 4.94. The molecule has 0 aliphatic carbocycles. The predicted octanol–water partition coefficient (Wildman–Crippen LogP) is 2.38. The molecule has 0 spiro atoms. The molecule has 104 valence electrons. The highest BCUT2D eigenvalue weighted by atomic mass is 35.5. The maximum atomic E-state index is 12.0. The minimum Gasteiger partial charge on any atom is -0.480 e. The first-order chi connectivity index (χ1) is 9.61. The first-order valence-corrected chi connectivity index (χ1v) is 6.37. The smallest absolute Gasteiger partial charge is 0.253 e. The lowest BCUT2D eigenvalue weighted by Crippen LogP contribution is -2.23. The van der Waals surface area contributed by atoms with Gasteiger partial charge in [0.1, 0.15) is 5.02 Å². The van der Waals surface area contributed by atoms with Crippen molar-refractivity contribution in [3.63, 3.8) is 0 Å². The van der Waals surface area contributed by atoms with Crippen LogP contribution in [-0.2, 0) is 6.54 Å². The Labute approximate surface area is 122 Å². The first-order valence-electron chi connectivity index (χ1n) is 5.99. The SMILES string of the molecule is COc1ncc(C(=O)NCc2cnccc2C)cc1Cl. The molecule has 2 aromatic heterocycles. The van der Waals surface area contributed by atoms with Crippen molar-refractivity contribution in [2.45, 2.75) is 13.5 Å². The Morgan fingerprint density at radius 1 is 1.45 bits per heavy atom. The number of rotatable bonds is 4. The van der Waals surface area contributed by atoms with Crippen molar-refractivity contribution in [2.24, 2.45) is 0 Å². The van der Waals surface area contributed by atoms with Crippen LogP contribution in [-0.4, -0.2) is 23.0 Å². The van der Waals surface area contributed by atoms with Gasteiger partial charge in [0.15, 0.2) is 0 Å². The van der Waals surface area contributed by atoms with Crippen LogP contribution in [0.1, 0.15) is 21.5 Å². The molecular weight excluding hydrogens is 278 g/mol. The Morgan fingerprint density at radius 3 is 2.90 bits per heavy atom. The lowest BCUT2D eigenvalue weighted by Gasteiger charge is -2.08. The number of pyridine rings is 2. The topological polar surface area (TPSA) is 64.1 Å². The van der Waals surface area contributed by atoms with Crippen LogP contribution in [0.15, 0.2) is 30.7 Å². The van der Waals surface area contributed by atoms with Gasteiger partial charge in [-0.1, -0.05) is 11.6 Å². The van der Waals surface area contributed by atoms with Gasteiger partial charge in [-0.05, 0) is 30.2 Å². The fourth-order valence-electron chi connectivity index (χ4n) is 1.66. The van der Waals surface area contributed by atoms with Gasteiger partial charge in [-0.2, -0.15) is 0 Å². The molecule has 0 saturated carbocycles. The number of hydrogen-bond acceptors (Lipinski definition) is 4. The molecule has 5 nitrogen and oxygen atoms in total. The van der Waals surface area contributed by atoms with Crippen LogP contribution in [0.25, 0.3) is 0 Å². The van der Waals surface area contributed by atoms with Crippen molar-refractivity contribution in [1.29, 1.82) is 0 Å². The highest BCUT2D eigenvalue weighted by Gasteiger charge is 2.10. The number of carbonyl (C=O) groups excluding carboxylic acids is 1. The molecule has 0 radical (unpaired) electrons. The summed E-state index contributed by atoms with van der Waals surface area (Å²) in [6, 6.07) is 3.42. The number of nitrogens with one attached hydrogen (secondary N) is 1. The summed E-state index contributed by atoms with van der Waals surface area (Å²) in [7, 11) is 1.47.